The summed E-state index contributed by atoms with van der Waals surface area (Å²) >= 11 is 0. The summed E-state index contributed by atoms with van der Waals surface area (Å²) in [4.78, 5) is 24.0. The molecule has 6 heteroatoms. The molecule has 0 aliphatic carbocycles. The van der Waals surface area contributed by atoms with E-state index >= 15 is 0 Å². The molecule has 25 heavy (non-hydrogen) atoms. The zero-order valence-corrected chi connectivity index (χ0v) is 14.2. The van der Waals surface area contributed by atoms with Gasteiger partial charge in [0.2, 0.25) is 0 Å². The van der Waals surface area contributed by atoms with Crippen LogP contribution in [0.2, 0.25) is 0 Å². The fourth-order valence-electron chi connectivity index (χ4n) is 2.38. The van der Waals surface area contributed by atoms with E-state index in [0.29, 0.717) is 5.56 Å². The Morgan fingerprint density at radius 1 is 1.12 bits per heavy atom. The SMILES string of the molecule is Cc1ccc(C)c(C(=O)OCC(=O)N[C@@H](C)c2ccc(F)cc2F)c1. The number of halogens is 2. The standard InChI is InChI=1S/C19H19F2NO3/c1-11-4-5-12(2)16(8-11)19(24)25-10-18(23)22-13(3)15-7-6-14(20)9-17(15)21/h4-9,13H,10H2,1-3H3,(H,22,23)/t13-/m0/s1. The Bertz CT molecular complexity index is 805. The Kier molecular flexibility index (Phi) is 5.85. The topological polar surface area (TPSA) is 55.4 Å². The van der Waals surface area contributed by atoms with Gasteiger partial charge < -0.3 is 10.1 Å². The first kappa shape index (κ1) is 18.6. The number of ether oxygens (including phenoxy) is 1. The first-order chi connectivity index (χ1) is 11.8. The first-order valence-corrected chi connectivity index (χ1v) is 7.76. The molecule has 0 saturated heterocycles. The van der Waals surface area contributed by atoms with Crippen molar-refractivity contribution in [3.05, 3.63) is 70.3 Å². The van der Waals surface area contributed by atoms with Crippen molar-refractivity contribution in [1.82, 2.24) is 5.32 Å². The summed E-state index contributed by atoms with van der Waals surface area (Å²) in [5, 5.41) is 2.51. The second-order valence-corrected chi connectivity index (χ2v) is 5.85. The molecule has 0 aliphatic rings. The summed E-state index contributed by atoms with van der Waals surface area (Å²) in [6.07, 6.45) is 0. The molecule has 0 bridgehead atoms. The van der Waals surface area contributed by atoms with E-state index in [4.69, 9.17) is 4.74 Å². The van der Waals surface area contributed by atoms with E-state index < -0.39 is 36.2 Å². The van der Waals surface area contributed by atoms with Crippen molar-refractivity contribution in [3.8, 4) is 0 Å². The highest BCUT2D eigenvalue weighted by molar-refractivity contribution is 5.92. The van der Waals surface area contributed by atoms with Crippen LogP contribution in [0.25, 0.3) is 0 Å². The number of esters is 1. The minimum absolute atomic E-state index is 0.149. The molecule has 0 spiro atoms. The molecule has 0 saturated carbocycles. The minimum Gasteiger partial charge on any atom is -0.452 e. The largest absolute Gasteiger partial charge is 0.452 e. The maximum absolute atomic E-state index is 13.7. The highest BCUT2D eigenvalue weighted by Crippen LogP contribution is 2.17. The summed E-state index contributed by atoms with van der Waals surface area (Å²) in [6.45, 7) is 4.69. The van der Waals surface area contributed by atoms with Crippen molar-refractivity contribution in [1.29, 1.82) is 0 Å². The highest BCUT2D eigenvalue weighted by Gasteiger charge is 2.17. The van der Waals surface area contributed by atoms with Crippen LogP contribution in [0.5, 0.6) is 0 Å². The average Bonchev–Trinajstić information content (AvgIpc) is 2.54. The van der Waals surface area contributed by atoms with E-state index in [1.54, 1.807) is 26.0 Å². The first-order valence-electron chi connectivity index (χ1n) is 7.76. The zero-order chi connectivity index (χ0) is 18.6. The van der Waals surface area contributed by atoms with Gasteiger partial charge in [-0.3, -0.25) is 4.79 Å². The molecular weight excluding hydrogens is 328 g/mol. The van der Waals surface area contributed by atoms with E-state index in [1.165, 1.54) is 6.07 Å². The van der Waals surface area contributed by atoms with Crippen LogP contribution in [0.15, 0.2) is 36.4 Å². The van der Waals surface area contributed by atoms with Gasteiger partial charge in [0.15, 0.2) is 6.61 Å². The van der Waals surface area contributed by atoms with Crippen molar-refractivity contribution in [2.75, 3.05) is 6.61 Å². The van der Waals surface area contributed by atoms with Crippen LogP contribution < -0.4 is 5.32 Å². The average molecular weight is 347 g/mol. The lowest BCUT2D eigenvalue weighted by Gasteiger charge is -2.15. The van der Waals surface area contributed by atoms with Gasteiger partial charge in [-0.1, -0.05) is 23.8 Å². The Balaban J connectivity index is 1.94. The van der Waals surface area contributed by atoms with E-state index in [0.717, 1.165) is 23.3 Å². The number of amides is 1. The zero-order valence-electron chi connectivity index (χ0n) is 14.2. The lowest BCUT2D eigenvalue weighted by Crippen LogP contribution is -2.31. The lowest BCUT2D eigenvalue weighted by molar-refractivity contribution is -0.124. The number of rotatable bonds is 5. The molecule has 2 rings (SSSR count). The van der Waals surface area contributed by atoms with Gasteiger partial charge in [0.25, 0.3) is 5.91 Å². The van der Waals surface area contributed by atoms with Crippen molar-refractivity contribution >= 4 is 11.9 Å². The Hall–Kier alpha value is -2.76. The van der Waals surface area contributed by atoms with Gasteiger partial charge in [-0.15, -0.1) is 0 Å². The number of nitrogens with one attached hydrogen (secondary N) is 1. The van der Waals surface area contributed by atoms with Gasteiger partial charge in [0.1, 0.15) is 11.6 Å². The molecule has 0 unspecified atom stereocenters. The molecule has 1 amide bonds. The van der Waals surface area contributed by atoms with E-state index in [9.17, 15) is 18.4 Å². The fraction of sp³-hybridized carbons (Fsp3) is 0.263. The van der Waals surface area contributed by atoms with Gasteiger partial charge in [0, 0.05) is 11.6 Å². The van der Waals surface area contributed by atoms with Crippen molar-refractivity contribution < 1.29 is 23.1 Å². The molecule has 1 N–H and O–H groups in total. The molecule has 0 fully saturated rings. The number of carbonyl (C=O) groups is 2. The van der Waals surface area contributed by atoms with Crippen LogP contribution in [-0.2, 0) is 9.53 Å². The molecule has 1 atom stereocenters. The summed E-state index contributed by atoms with van der Waals surface area (Å²) < 4.78 is 31.6. The molecular formula is C19H19F2NO3. The number of carbonyl (C=O) groups excluding carboxylic acids is 2. The fourth-order valence-corrected chi connectivity index (χ4v) is 2.38. The van der Waals surface area contributed by atoms with Crippen LogP contribution >= 0.6 is 0 Å². The summed E-state index contributed by atoms with van der Waals surface area (Å²) in [6, 6.07) is 7.79. The molecule has 0 heterocycles. The number of aryl methyl sites for hydroxylation is 2. The molecule has 0 radical (unpaired) electrons. The van der Waals surface area contributed by atoms with Gasteiger partial charge in [-0.25, -0.2) is 13.6 Å². The second-order valence-electron chi connectivity index (χ2n) is 5.85. The summed E-state index contributed by atoms with van der Waals surface area (Å²) in [5.74, 6) is -2.62. The Labute approximate surface area is 144 Å². The van der Waals surface area contributed by atoms with Crippen LogP contribution in [-0.4, -0.2) is 18.5 Å². The Morgan fingerprint density at radius 3 is 2.52 bits per heavy atom. The minimum atomic E-state index is -0.750. The van der Waals surface area contributed by atoms with Gasteiger partial charge in [0.05, 0.1) is 11.6 Å². The third-order valence-corrected chi connectivity index (χ3v) is 3.75. The van der Waals surface area contributed by atoms with Crippen LogP contribution in [0.3, 0.4) is 0 Å². The van der Waals surface area contributed by atoms with E-state index in [2.05, 4.69) is 5.32 Å². The van der Waals surface area contributed by atoms with E-state index in [1.807, 2.05) is 13.0 Å². The number of hydrogen-bond donors (Lipinski definition) is 1. The summed E-state index contributed by atoms with van der Waals surface area (Å²) in [7, 11) is 0. The number of benzene rings is 2. The maximum Gasteiger partial charge on any atom is 0.338 e. The predicted molar refractivity (Wildman–Crippen MR) is 89.1 cm³/mol. The third kappa shape index (κ3) is 4.86. The molecule has 0 aromatic heterocycles. The predicted octanol–water partition coefficient (Wildman–Crippen LogP) is 3.62. The second kappa shape index (κ2) is 7.88. The monoisotopic (exact) mass is 347 g/mol. The van der Waals surface area contributed by atoms with E-state index in [-0.39, 0.29) is 5.56 Å². The highest BCUT2D eigenvalue weighted by atomic mass is 19.1. The van der Waals surface area contributed by atoms with Crippen molar-refractivity contribution in [2.24, 2.45) is 0 Å². The lowest BCUT2D eigenvalue weighted by atomic mass is 10.1. The molecule has 2 aromatic carbocycles. The third-order valence-electron chi connectivity index (χ3n) is 3.75. The van der Waals surface area contributed by atoms with Crippen LogP contribution in [0.1, 0.15) is 40.0 Å². The normalized spacial score (nSPS) is 11.7. The Morgan fingerprint density at radius 2 is 1.84 bits per heavy atom. The van der Waals surface area contributed by atoms with Crippen LogP contribution in [0, 0.1) is 25.5 Å². The molecule has 0 aliphatic heterocycles. The molecule has 2 aromatic rings. The number of hydrogen-bond acceptors (Lipinski definition) is 3. The van der Waals surface area contributed by atoms with Gasteiger partial charge >= 0.3 is 5.97 Å². The van der Waals surface area contributed by atoms with Crippen molar-refractivity contribution in [2.45, 2.75) is 26.8 Å². The maximum atomic E-state index is 13.7. The van der Waals surface area contributed by atoms with Gasteiger partial charge in [-0.2, -0.15) is 0 Å². The molecule has 4 nitrogen and oxygen atoms in total. The quantitative estimate of drug-likeness (QED) is 0.841. The van der Waals surface area contributed by atoms with Crippen LogP contribution in [0.4, 0.5) is 8.78 Å². The smallest absolute Gasteiger partial charge is 0.338 e. The van der Waals surface area contributed by atoms with Gasteiger partial charge in [-0.05, 0) is 38.5 Å². The summed E-state index contributed by atoms with van der Waals surface area (Å²) in [5.41, 5.74) is 2.20. The van der Waals surface area contributed by atoms with Crippen molar-refractivity contribution in [3.63, 3.8) is 0 Å². The molecule has 132 valence electrons.